The van der Waals surface area contributed by atoms with Crippen LogP contribution in [0.3, 0.4) is 0 Å². The van der Waals surface area contributed by atoms with Gasteiger partial charge in [-0.05, 0) is 6.07 Å². The molecule has 0 saturated carbocycles. The highest BCUT2D eigenvalue weighted by atomic mass is 35.5. The molecule has 0 radical (unpaired) electrons. The molecule has 6 heteroatoms. The van der Waals surface area contributed by atoms with Crippen molar-refractivity contribution in [3.05, 3.63) is 33.2 Å². The number of nitrogens with one attached hydrogen (secondary N) is 1. The van der Waals surface area contributed by atoms with Crippen LogP contribution in [0.25, 0.3) is 0 Å². The number of aldehydes is 1. The maximum Gasteiger partial charge on any atom is 0.265 e. The third-order valence-electron chi connectivity index (χ3n) is 1.68. The standard InChI is InChI=1S/C8H6ClF2NO2/c9-2-4-1-5(7(10)11)6(3-13)12-8(4)14/h1,3,7H,2H2,(H,12,14). The molecule has 0 aromatic carbocycles. The monoisotopic (exact) mass is 221 g/mol. The van der Waals surface area contributed by atoms with Gasteiger partial charge in [-0.3, -0.25) is 9.59 Å². The number of carbonyl (C=O) groups excluding carboxylic acids is 1. The van der Waals surface area contributed by atoms with E-state index in [0.717, 1.165) is 6.07 Å². The smallest absolute Gasteiger partial charge is 0.265 e. The lowest BCUT2D eigenvalue weighted by atomic mass is 10.1. The van der Waals surface area contributed by atoms with Crippen LogP contribution in [0.5, 0.6) is 0 Å². The van der Waals surface area contributed by atoms with Gasteiger partial charge in [0.2, 0.25) is 0 Å². The number of aromatic amines is 1. The molecule has 0 amide bonds. The van der Waals surface area contributed by atoms with Gasteiger partial charge in [0.1, 0.15) is 0 Å². The Labute approximate surface area is 82.7 Å². The van der Waals surface area contributed by atoms with Gasteiger partial charge in [0, 0.05) is 11.1 Å². The molecule has 0 fully saturated rings. The molecule has 1 heterocycles. The minimum Gasteiger partial charge on any atom is -0.319 e. The summed E-state index contributed by atoms with van der Waals surface area (Å²) >= 11 is 5.35. The Balaban J connectivity index is 3.40. The lowest BCUT2D eigenvalue weighted by Gasteiger charge is -2.04. The van der Waals surface area contributed by atoms with Gasteiger partial charge in [-0.15, -0.1) is 11.6 Å². The summed E-state index contributed by atoms with van der Waals surface area (Å²) in [6.07, 6.45) is -2.63. The number of hydrogen-bond donors (Lipinski definition) is 1. The van der Waals surface area contributed by atoms with E-state index in [4.69, 9.17) is 11.6 Å². The number of rotatable bonds is 3. The Morgan fingerprint density at radius 1 is 1.57 bits per heavy atom. The molecule has 0 aliphatic rings. The van der Waals surface area contributed by atoms with Crippen molar-refractivity contribution in [1.29, 1.82) is 0 Å². The molecule has 0 spiro atoms. The minimum absolute atomic E-state index is 0.0209. The first-order chi connectivity index (χ1) is 6.60. The highest BCUT2D eigenvalue weighted by Gasteiger charge is 2.15. The zero-order valence-electron chi connectivity index (χ0n) is 6.89. The van der Waals surface area contributed by atoms with E-state index >= 15 is 0 Å². The first kappa shape index (κ1) is 10.8. The quantitative estimate of drug-likeness (QED) is 0.626. The summed E-state index contributed by atoms with van der Waals surface area (Å²) in [5.41, 5.74) is -1.51. The van der Waals surface area contributed by atoms with Crippen LogP contribution < -0.4 is 5.56 Å². The summed E-state index contributed by atoms with van der Waals surface area (Å²) in [5, 5.41) is 0. The molecule has 76 valence electrons. The fourth-order valence-corrected chi connectivity index (χ4v) is 1.18. The molecule has 1 rings (SSSR count). The van der Waals surface area contributed by atoms with Crippen LogP contribution in [-0.4, -0.2) is 11.3 Å². The second-order valence-corrected chi connectivity index (χ2v) is 2.81. The average Bonchev–Trinajstić information content (AvgIpc) is 2.16. The SMILES string of the molecule is O=Cc1[nH]c(=O)c(CCl)cc1C(F)F. The Kier molecular flexibility index (Phi) is 3.35. The number of hydrogen-bond acceptors (Lipinski definition) is 2. The zero-order chi connectivity index (χ0) is 10.7. The normalized spacial score (nSPS) is 10.6. The van der Waals surface area contributed by atoms with Gasteiger partial charge >= 0.3 is 0 Å². The zero-order valence-corrected chi connectivity index (χ0v) is 7.65. The van der Waals surface area contributed by atoms with E-state index in [1.165, 1.54) is 0 Å². The van der Waals surface area contributed by atoms with Gasteiger partial charge in [0.15, 0.2) is 6.29 Å². The van der Waals surface area contributed by atoms with E-state index in [1.54, 1.807) is 0 Å². The largest absolute Gasteiger partial charge is 0.319 e. The van der Waals surface area contributed by atoms with Crippen LogP contribution in [0.4, 0.5) is 8.78 Å². The summed E-state index contributed by atoms with van der Waals surface area (Å²) in [5.74, 6) is -0.172. The number of carbonyl (C=O) groups is 1. The first-order valence-corrected chi connectivity index (χ1v) is 4.19. The molecule has 0 aliphatic carbocycles. The predicted molar refractivity (Wildman–Crippen MR) is 47.0 cm³/mol. The van der Waals surface area contributed by atoms with E-state index in [1.807, 2.05) is 4.98 Å². The number of alkyl halides is 3. The Morgan fingerprint density at radius 3 is 2.64 bits per heavy atom. The Bertz CT molecular complexity index is 403. The summed E-state index contributed by atoms with van der Waals surface area (Å²) in [6.45, 7) is 0. The van der Waals surface area contributed by atoms with Crippen molar-refractivity contribution < 1.29 is 13.6 Å². The van der Waals surface area contributed by atoms with Crippen LogP contribution >= 0.6 is 11.6 Å². The van der Waals surface area contributed by atoms with Crippen LogP contribution in [0.1, 0.15) is 28.0 Å². The molecular weight excluding hydrogens is 216 g/mol. The van der Waals surface area contributed by atoms with Gasteiger partial charge in [-0.25, -0.2) is 8.78 Å². The van der Waals surface area contributed by atoms with Crippen LogP contribution in [0.2, 0.25) is 0 Å². The van der Waals surface area contributed by atoms with Gasteiger partial charge in [-0.1, -0.05) is 0 Å². The van der Waals surface area contributed by atoms with Crippen LogP contribution in [0, 0.1) is 0 Å². The molecule has 1 N–H and O–H groups in total. The number of pyridine rings is 1. The molecule has 0 unspecified atom stereocenters. The van der Waals surface area contributed by atoms with E-state index in [0.29, 0.717) is 0 Å². The maximum atomic E-state index is 12.3. The number of halogens is 3. The second kappa shape index (κ2) is 4.32. The molecular formula is C8H6ClF2NO2. The molecule has 0 saturated heterocycles. The maximum absolute atomic E-state index is 12.3. The summed E-state index contributed by atoms with van der Waals surface area (Å²) in [6, 6.07) is 0.945. The van der Waals surface area contributed by atoms with Crippen molar-refractivity contribution in [1.82, 2.24) is 4.98 Å². The third-order valence-corrected chi connectivity index (χ3v) is 1.97. The van der Waals surface area contributed by atoms with Gasteiger partial charge in [-0.2, -0.15) is 0 Å². The summed E-state index contributed by atoms with van der Waals surface area (Å²) < 4.78 is 24.7. The molecule has 0 bridgehead atoms. The Hall–Kier alpha value is -1.23. The summed E-state index contributed by atoms with van der Waals surface area (Å²) in [7, 11) is 0. The van der Waals surface area contributed by atoms with E-state index in [9.17, 15) is 18.4 Å². The molecule has 14 heavy (non-hydrogen) atoms. The average molecular weight is 222 g/mol. The topological polar surface area (TPSA) is 49.9 Å². The molecule has 1 aromatic heterocycles. The van der Waals surface area contributed by atoms with E-state index in [-0.39, 0.29) is 17.7 Å². The molecule has 1 aromatic rings. The van der Waals surface area contributed by atoms with Crippen LogP contribution in [0.15, 0.2) is 10.9 Å². The van der Waals surface area contributed by atoms with Crippen molar-refractivity contribution in [2.24, 2.45) is 0 Å². The molecule has 0 atom stereocenters. The van der Waals surface area contributed by atoms with Crippen molar-refractivity contribution in [2.75, 3.05) is 0 Å². The van der Waals surface area contributed by atoms with E-state index < -0.39 is 23.2 Å². The van der Waals surface area contributed by atoms with Crippen molar-refractivity contribution >= 4 is 17.9 Å². The van der Waals surface area contributed by atoms with Crippen molar-refractivity contribution in [3.63, 3.8) is 0 Å². The summed E-state index contributed by atoms with van der Waals surface area (Å²) in [4.78, 5) is 23.4. The third kappa shape index (κ3) is 1.98. The first-order valence-electron chi connectivity index (χ1n) is 3.65. The highest BCUT2D eigenvalue weighted by Crippen LogP contribution is 2.20. The Morgan fingerprint density at radius 2 is 2.21 bits per heavy atom. The minimum atomic E-state index is -2.81. The number of aromatic nitrogens is 1. The van der Waals surface area contributed by atoms with E-state index in [2.05, 4.69) is 0 Å². The second-order valence-electron chi connectivity index (χ2n) is 2.54. The van der Waals surface area contributed by atoms with Crippen LogP contribution in [-0.2, 0) is 5.88 Å². The lowest BCUT2D eigenvalue weighted by Crippen LogP contribution is -2.15. The lowest BCUT2D eigenvalue weighted by molar-refractivity contribution is 0.110. The fourth-order valence-electron chi connectivity index (χ4n) is 0.983. The molecule has 0 aliphatic heterocycles. The fraction of sp³-hybridized carbons (Fsp3) is 0.250. The van der Waals surface area contributed by atoms with Gasteiger partial charge in [0.25, 0.3) is 12.0 Å². The number of H-pyrrole nitrogens is 1. The van der Waals surface area contributed by atoms with Gasteiger partial charge in [0.05, 0.1) is 11.6 Å². The van der Waals surface area contributed by atoms with Crippen molar-refractivity contribution in [3.8, 4) is 0 Å². The predicted octanol–water partition coefficient (Wildman–Crippen LogP) is 1.86. The highest BCUT2D eigenvalue weighted by molar-refractivity contribution is 6.17. The molecule has 3 nitrogen and oxygen atoms in total. The van der Waals surface area contributed by atoms with Crippen molar-refractivity contribution in [2.45, 2.75) is 12.3 Å². The van der Waals surface area contributed by atoms with Gasteiger partial charge < -0.3 is 4.98 Å².